The van der Waals surface area contributed by atoms with Gasteiger partial charge in [0.1, 0.15) is 6.61 Å². The van der Waals surface area contributed by atoms with Gasteiger partial charge in [-0.3, -0.25) is 9.59 Å². The normalized spacial score (nSPS) is 18.9. The van der Waals surface area contributed by atoms with Gasteiger partial charge in [-0.05, 0) is 12.0 Å². The maximum absolute atomic E-state index is 10.7. The minimum absolute atomic E-state index is 0.119. The zero-order chi connectivity index (χ0) is 12.0. The highest BCUT2D eigenvalue weighted by molar-refractivity contribution is 5.66. The predicted octanol–water partition coefficient (Wildman–Crippen LogP) is 1.62. The Morgan fingerprint density at radius 2 is 2.00 bits per heavy atom. The van der Waals surface area contributed by atoms with Gasteiger partial charge in [0.15, 0.2) is 0 Å². The van der Waals surface area contributed by atoms with Crippen LogP contribution >= 0.6 is 0 Å². The van der Waals surface area contributed by atoms with Crippen LogP contribution in [0.4, 0.5) is 0 Å². The van der Waals surface area contributed by atoms with Crippen molar-refractivity contribution in [2.45, 2.75) is 20.3 Å². The van der Waals surface area contributed by atoms with Crippen molar-refractivity contribution in [1.29, 1.82) is 0 Å². The van der Waals surface area contributed by atoms with Crippen LogP contribution in [0.1, 0.15) is 20.3 Å². The zero-order valence-electron chi connectivity index (χ0n) is 9.56. The second-order valence-corrected chi connectivity index (χ2v) is 3.69. The van der Waals surface area contributed by atoms with Crippen LogP contribution in [0.25, 0.3) is 0 Å². The van der Waals surface area contributed by atoms with E-state index in [1.807, 2.05) is 18.2 Å². The zero-order valence-corrected chi connectivity index (χ0v) is 9.56. The molecule has 0 heterocycles. The summed E-state index contributed by atoms with van der Waals surface area (Å²) in [6.45, 7) is 3.37. The molecule has 0 amide bonds. The van der Waals surface area contributed by atoms with Gasteiger partial charge in [0.25, 0.3) is 0 Å². The second kappa shape index (κ2) is 6.10. The number of rotatable bonds is 4. The topological polar surface area (TPSA) is 52.6 Å². The van der Waals surface area contributed by atoms with Crippen LogP contribution in [0, 0.1) is 5.92 Å². The summed E-state index contributed by atoms with van der Waals surface area (Å²) >= 11 is 0. The molecular weight excluding hydrogens is 208 g/mol. The Kier molecular flexibility index (Phi) is 4.76. The van der Waals surface area contributed by atoms with Crippen molar-refractivity contribution in [2.24, 2.45) is 5.92 Å². The molecule has 16 heavy (non-hydrogen) atoms. The second-order valence-electron chi connectivity index (χ2n) is 3.69. The Morgan fingerprint density at radius 1 is 1.31 bits per heavy atom. The van der Waals surface area contributed by atoms with E-state index in [1.54, 1.807) is 0 Å². The maximum atomic E-state index is 10.7. The van der Waals surface area contributed by atoms with Gasteiger partial charge in [-0.15, -0.1) is 0 Å². The predicted molar refractivity (Wildman–Crippen MR) is 58.6 cm³/mol. The fourth-order valence-corrected chi connectivity index (χ4v) is 1.47. The first-order valence-electron chi connectivity index (χ1n) is 5.22. The van der Waals surface area contributed by atoms with Crippen molar-refractivity contribution in [1.82, 2.24) is 0 Å². The Hall–Kier alpha value is -1.58. The van der Waals surface area contributed by atoms with Crippen molar-refractivity contribution < 1.29 is 19.1 Å². The van der Waals surface area contributed by atoms with Crippen molar-refractivity contribution in [3.8, 4) is 0 Å². The lowest BCUT2D eigenvalue weighted by atomic mass is 9.93. The van der Waals surface area contributed by atoms with Gasteiger partial charge in [-0.25, -0.2) is 0 Å². The smallest absolute Gasteiger partial charge is 0.302 e. The van der Waals surface area contributed by atoms with E-state index in [9.17, 15) is 9.59 Å². The monoisotopic (exact) mass is 224 g/mol. The van der Waals surface area contributed by atoms with Crippen LogP contribution in [-0.2, 0) is 19.1 Å². The Bertz CT molecular complexity index is 328. The summed E-state index contributed by atoms with van der Waals surface area (Å²) in [6.07, 6.45) is 6.63. The molecule has 0 spiro atoms. The van der Waals surface area contributed by atoms with E-state index in [-0.39, 0.29) is 24.5 Å². The third kappa shape index (κ3) is 4.29. The van der Waals surface area contributed by atoms with E-state index in [0.717, 1.165) is 12.0 Å². The molecule has 1 aliphatic carbocycles. The number of hydrogen-bond acceptors (Lipinski definition) is 4. The van der Waals surface area contributed by atoms with E-state index >= 15 is 0 Å². The molecule has 88 valence electrons. The van der Waals surface area contributed by atoms with Gasteiger partial charge < -0.3 is 9.47 Å². The lowest BCUT2D eigenvalue weighted by Gasteiger charge is -2.20. The van der Waals surface area contributed by atoms with Gasteiger partial charge in [0, 0.05) is 19.8 Å². The number of ether oxygens (including phenoxy) is 2. The molecule has 4 nitrogen and oxygen atoms in total. The van der Waals surface area contributed by atoms with E-state index in [2.05, 4.69) is 0 Å². The number of esters is 2. The number of allylic oxidation sites excluding steroid dienone is 3. The first kappa shape index (κ1) is 12.5. The lowest BCUT2D eigenvalue weighted by Crippen LogP contribution is -2.19. The molecule has 4 heteroatoms. The fourth-order valence-electron chi connectivity index (χ4n) is 1.47. The van der Waals surface area contributed by atoms with Gasteiger partial charge in [0.05, 0.1) is 6.61 Å². The third-order valence-electron chi connectivity index (χ3n) is 2.32. The first-order valence-corrected chi connectivity index (χ1v) is 5.22. The molecule has 0 saturated carbocycles. The molecular formula is C12H16O4. The van der Waals surface area contributed by atoms with Gasteiger partial charge in [0.2, 0.25) is 0 Å². The summed E-state index contributed by atoms with van der Waals surface area (Å²) < 4.78 is 9.90. The van der Waals surface area contributed by atoms with Crippen molar-refractivity contribution in [3.05, 3.63) is 23.8 Å². The van der Waals surface area contributed by atoms with Gasteiger partial charge >= 0.3 is 11.9 Å². The third-order valence-corrected chi connectivity index (χ3v) is 2.32. The van der Waals surface area contributed by atoms with E-state index < -0.39 is 0 Å². The van der Waals surface area contributed by atoms with Crippen molar-refractivity contribution >= 4 is 11.9 Å². The molecule has 1 unspecified atom stereocenters. The molecule has 0 radical (unpaired) electrons. The number of hydrogen-bond donors (Lipinski definition) is 0. The summed E-state index contributed by atoms with van der Waals surface area (Å²) in [5.41, 5.74) is 0.985. The summed E-state index contributed by atoms with van der Waals surface area (Å²) in [5.74, 6) is -0.476. The molecule has 0 saturated heterocycles. The number of carbonyl (C=O) groups excluding carboxylic acids is 2. The summed E-state index contributed by atoms with van der Waals surface area (Å²) in [6, 6.07) is 0. The fraction of sp³-hybridized carbons (Fsp3) is 0.500. The highest BCUT2D eigenvalue weighted by atomic mass is 16.5. The lowest BCUT2D eigenvalue weighted by molar-refractivity contribution is -0.143. The Morgan fingerprint density at radius 3 is 2.62 bits per heavy atom. The number of carbonyl (C=O) groups is 2. The molecule has 1 atom stereocenters. The SMILES string of the molecule is CC(=O)OCC1=CC=CCC1COC(C)=O. The van der Waals surface area contributed by atoms with Crippen molar-refractivity contribution in [2.75, 3.05) is 13.2 Å². The van der Waals surface area contributed by atoms with Crippen LogP contribution in [0.15, 0.2) is 23.8 Å². The van der Waals surface area contributed by atoms with E-state index in [0.29, 0.717) is 6.61 Å². The van der Waals surface area contributed by atoms with E-state index in [1.165, 1.54) is 13.8 Å². The summed E-state index contributed by atoms with van der Waals surface area (Å²) in [4.78, 5) is 21.4. The summed E-state index contributed by atoms with van der Waals surface area (Å²) in [5, 5.41) is 0. The Balaban J connectivity index is 2.48. The van der Waals surface area contributed by atoms with Gasteiger partial charge in [-0.1, -0.05) is 18.2 Å². The molecule has 0 aromatic heterocycles. The highest BCUT2D eigenvalue weighted by Gasteiger charge is 2.17. The average molecular weight is 224 g/mol. The highest BCUT2D eigenvalue weighted by Crippen LogP contribution is 2.21. The standard InChI is InChI=1S/C12H16O4/c1-9(13)15-7-11-5-3-4-6-12(11)8-16-10(2)14/h3-5,12H,6-8H2,1-2H3. The van der Waals surface area contributed by atoms with Crippen LogP contribution in [0.3, 0.4) is 0 Å². The molecule has 0 N–H and O–H groups in total. The largest absolute Gasteiger partial charge is 0.465 e. The van der Waals surface area contributed by atoms with Crippen LogP contribution in [-0.4, -0.2) is 25.2 Å². The molecule has 0 fully saturated rings. The molecule has 0 aromatic carbocycles. The van der Waals surface area contributed by atoms with Crippen LogP contribution in [0.2, 0.25) is 0 Å². The minimum Gasteiger partial charge on any atom is -0.465 e. The maximum Gasteiger partial charge on any atom is 0.302 e. The van der Waals surface area contributed by atoms with Crippen LogP contribution < -0.4 is 0 Å². The molecule has 1 aliphatic rings. The molecule has 0 aromatic rings. The molecule has 0 bridgehead atoms. The van der Waals surface area contributed by atoms with Crippen LogP contribution in [0.5, 0.6) is 0 Å². The average Bonchev–Trinajstić information content (AvgIpc) is 2.24. The molecule has 1 rings (SSSR count). The first-order chi connectivity index (χ1) is 7.59. The Labute approximate surface area is 94.9 Å². The minimum atomic E-state index is -0.304. The summed E-state index contributed by atoms with van der Waals surface area (Å²) in [7, 11) is 0. The van der Waals surface area contributed by atoms with Crippen molar-refractivity contribution in [3.63, 3.8) is 0 Å². The quantitative estimate of drug-likeness (QED) is 0.681. The van der Waals surface area contributed by atoms with E-state index in [4.69, 9.17) is 9.47 Å². The van der Waals surface area contributed by atoms with Gasteiger partial charge in [-0.2, -0.15) is 0 Å². The molecule has 0 aliphatic heterocycles.